The highest BCUT2D eigenvalue weighted by atomic mass is 32.1. The monoisotopic (exact) mass is 351 g/mol. The Bertz CT molecular complexity index is 733. The number of nitrogens with one attached hydrogen (secondary N) is 1. The summed E-state index contributed by atoms with van der Waals surface area (Å²) in [5.74, 6) is -0.392. The van der Waals surface area contributed by atoms with Gasteiger partial charge in [-0.3, -0.25) is 4.79 Å². The molecule has 3 rings (SSSR count). The van der Waals surface area contributed by atoms with Gasteiger partial charge in [0.05, 0.1) is 12.0 Å². The van der Waals surface area contributed by atoms with Gasteiger partial charge >= 0.3 is 0 Å². The molecule has 0 aliphatic rings. The van der Waals surface area contributed by atoms with Gasteiger partial charge in [-0.2, -0.15) is 0 Å². The Hall–Kier alpha value is -2.43. The summed E-state index contributed by atoms with van der Waals surface area (Å²) in [5, 5.41) is 15.1. The molecule has 2 N–H and O–H groups in total. The molecule has 3 nitrogen and oxygen atoms in total. The van der Waals surface area contributed by atoms with Gasteiger partial charge in [-0.05, 0) is 29.0 Å². The number of hydrogen-bond donors (Lipinski definition) is 2. The van der Waals surface area contributed by atoms with Gasteiger partial charge in [0.15, 0.2) is 0 Å². The van der Waals surface area contributed by atoms with Crippen molar-refractivity contribution in [2.75, 3.05) is 6.54 Å². The van der Waals surface area contributed by atoms with Crippen molar-refractivity contribution in [1.29, 1.82) is 0 Å². The number of aliphatic hydroxyl groups excluding tert-OH is 1. The molecule has 128 valence electrons. The molecule has 1 aromatic heterocycles. The Morgan fingerprint density at radius 1 is 0.920 bits per heavy atom. The average Bonchev–Trinajstić information content (AvgIpc) is 3.18. The minimum absolute atomic E-state index is 0.0456. The molecule has 1 amide bonds. The van der Waals surface area contributed by atoms with Crippen LogP contribution in [0.5, 0.6) is 0 Å². The molecule has 4 heteroatoms. The number of amides is 1. The van der Waals surface area contributed by atoms with Crippen LogP contribution in [0.1, 0.15) is 34.4 Å². The van der Waals surface area contributed by atoms with Gasteiger partial charge in [0, 0.05) is 11.4 Å². The van der Waals surface area contributed by atoms with Crippen molar-refractivity contribution in [3.8, 4) is 0 Å². The molecule has 0 spiro atoms. The Labute approximate surface area is 152 Å². The van der Waals surface area contributed by atoms with Gasteiger partial charge in [0.1, 0.15) is 0 Å². The van der Waals surface area contributed by atoms with Crippen LogP contribution in [0, 0.1) is 0 Å². The van der Waals surface area contributed by atoms with E-state index in [4.69, 9.17) is 0 Å². The largest absolute Gasteiger partial charge is 0.388 e. The van der Waals surface area contributed by atoms with E-state index < -0.39 is 6.10 Å². The Morgan fingerprint density at radius 2 is 1.52 bits per heavy atom. The van der Waals surface area contributed by atoms with Gasteiger partial charge < -0.3 is 10.4 Å². The molecule has 1 heterocycles. The van der Waals surface area contributed by atoms with Crippen LogP contribution >= 0.6 is 11.3 Å². The number of benzene rings is 2. The fraction of sp³-hybridized carbons (Fsp3) is 0.190. The van der Waals surface area contributed by atoms with E-state index in [9.17, 15) is 9.90 Å². The number of hydrogen-bond acceptors (Lipinski definition) is 3. The first kappa shape index (κ1) is 17.4. The third-order valence-corrected chi connectivity index (χ3v) is 5.09. The number of aliphatic hydroxyl groups is 1. The first-order valence-corrected chi connectivity index (χ1v) is 9.23. The highest BCUT2D eigenvalue weighted by molar-refractivity contribution is 7.10. The molecule has 0 aliphatic heterocycles. The molecular weight excluding hydrogens is 330 g/mol. The molecule has 0 radical (unpaired) electrons. The topological polar surface area (TPSA) is 49.3 Å². The first-order valence-electron chi connectivity index (χ1n) is 8.35. The van der Waals surface area contributed by atoms with Crippen LogP contribution in [-0.2, 0) is 4.79 Å². The molecule has 0 saturated heterocycles. The van der Waals surface area contributed by atoms with E-state index >= 15 is 0 Å². The second-order valence-corrected chi connectivity index (χ2v) is 6.84. The van der Waals surface area contributed by atoms with Gasteiger partial charge in [-0.15, -0.1) is 11.3 Å². The van der Waals surface area contributed by atoms with Gasteiger partial charge in [0.25, 0.3) is 0 Å². The van der Waals surface area contributed by atoms with Crippen molar-refractivity contribution >= 4 is 17.2 Å². The number of thiophene rings is 1. The van der Waals surface area contributed by atoms with E-state index in [0.717, 1.165) is 16.0 Å². The third-order valence-electron chi connectivity index (χ3n) is 4.12. The minimum atomic E-state index is -0.535. The van der Waals surface area contributed by atoms with E-state index in [1.807, 2.05) is 78.2 Å². The zero-order chi connectivity index (χ0) is 17.5. The van der Waals surface area contributed by atoms with Crippen LogP contribution in [0.25, 0.3) is 0 Å². The highest BCUT2D eigenvalue weighted by Crippen LogP contribution is 2.25. The summed E-state index contributed by atoms with van der Waals surface area (Å²) in [7, 11) is 0. The lowest BCUT2D eigenvalue weighted by Crippen LogP contribution is -2.31. The Kier molecular flexibility index (Phi) is 5.99. The Balaban J connectivity index is 1.68. The van der Waals surface area contributed by atoms with E-state index in [1.54, 1.807) is 0 Å². The van der Waals surface area contributed by atoms with Crippen molar-refractivity contribution in [2.24, 2.45) is 0 Å². The molecule has 1 atom stereocenters. The van der Waals surface area contributed by atoms with Crippen molar-refractivity contribution in [3.63, 3.8) is 0 Å². The van der Waals surface area contributed by atoms with E-state index in [1.165, 1.54) is 11.3 Å². The van der Waals surface area contributed by atoms with Crippen LogP contribution in [0.2, 0.25) is 0 Å². The SMILES string of the molecule is O=C(NCCC(O)c1cccs1)C(c1ccccc1)c1ccccc1. The molecule has 3 aromatic rings. The first-order chi connectivity index (χ1) is 12.3. The van der Waals surface area contributed by atoms with Crippen LogP contribution in [0.3, 0.4) is 0 Å². The van der Waals surface area contributed by atoms with Crippen molar-refractivity contribution in [2.45, 2.75) is 18.4 Å². The average molecular weight is 351 g/mol. The smallest absolute Gasteiger partial charge is 0.232 e. The van der Waals surface area contributed by atoms with Crippen molar-refractivity contribution < 1.29 is 9.90 Å². The number of rotatable bonds is 7. The molecule has 0 saturated carbocycles. The van der Waals surface area contributed by atoms with Gasteiger partial charge in [-0.1, -0.05) is 66.7 Å². The minimum Gasteiger partial charge on any atom is -0.388 e. The predicted molar refractivity (Wildman–Crippen MR) is 102 cm³/mol. The van der Waals surface area contributed by atoms with Crippen molar-refractivity contribution in [3.05, 3.63) is 94.2 Å². The second kappa shape index (κ2) is 8.60. The zero-order valence-electron chi connectivity index (χ0n) is 13.8. The second-order valence-electron chi connectivity index (χ2n) is 5.87. The molecule has 0 fully saturated rings. The van der Waals surface area contributed by atoms with Crippen LogP contribution < -0.4 is 5.32 Å². The third kappa shape index (κ3) is 4.56. The van der Waals surface area contributed by atoms with Gasteiger partial charge in [0.2, 0.25) is 5.91 Å². The summed E-state index contributed by atoms with van der Waals surface area (Å²) in [6.45, 7) is 0.439. The summed E-state index contributed by atoms with van der Waals surface area (Å²) >= 11 is 1.53. The lowest BCUT2D eigenvalue weighted by molar-refractivity contribution is -0.121. The molecular formula is C21H21NO2S. The zero-order valence-corrected chi connectivity index (χ0v) is 14.7. The maximum atomic E-state index is 12.8. The summed E-state index contributed by atoms with van der Waals surface area (Å²) in [6, 6.07) is 23.4. The summed E-state index contributed by atoms with van der Waals surface area (Å²) in [6.07, 6.45) is -0.0325. The quantitative estimate of drug-likeness (QED) is 0.673. The maximum absolute atomic E-state index is 12.8. The van der Waals surface area contributed by atoms with E-state index in [-0.39, 0.29) is 11.8 Å². The molecule has 0 aliphatic carbocycles. The normalized spacial score (nSPS) is 12.1. The lowest BCUT2D eigenvalue weighted by atomic mass is 9.90. The molecule has 2 aromatic carbocycles. The predicted octanol–water partition coefficient (Wildman–Crippen LogP) is 4.12. The summed E-state index contributed by atoms with van der Waals surface area (Å²) < 4.78 is 0. The summed E-state index contributed by atoms with van der Waals surface area (Å²) in [4.78, 5) is 13.7. The molecule has 0 bridgehead atoms. The molecule has 25 heavy (non-hydrogen) atoms. The number of carbonyl (C=O) groups excluding carboxylic acids is 1. The fourth-order valence-corrected chi connectivity index (χ4v) is 3.59. The standard InChI is InChI=1S/C21H21NO2S/c23-18(19-12-7-15-25-19)13-14-22-21(24)20(16-8-3-1-4-9-16)17-10-5-2-6-11-17/h1-12,15,18,20,23H,13-14H2,(H,22,24). The van der Waals surface area contributed by atoms with Crippen LogP contribution in [0.15, 0.2) is 78.2 Å². The van der Waals surface area contributed by atoms with Gasteiger partial charge in [-0.25, -0.2) is 0 Å². The van der Waals surface area contributed by atoms with Crippen LogP contribution in [0.4, 0.5) is 0 Å². The number of carbonyl (C=O) groups is 1. The van der Waals surface area contributed by atoms with E-state index in [2.05, 4.69) is 5.32 Å². The lowest BCUT2D eigenvalue weighted by Gasteiger charge is -2.18. The van der Waals surface area contributed by atoms with E-state index in [0.29, 0.717) is 13.0 Å². The van der Waals surface area contributed by atoms with Crippen LogP contribution in [-0.4, -0.2) is 17.6 Å². The highest BCUT2D eigenvalue weighted by Gasteiger charge is 2.22. The summed E-state index contributed by atoms with van der Waals surface area (Å²) in [5.41, 5.74) is 1.93. The van der Waals surface area contributed by atoms with Crippen molar-refractivity contribution in [1.82, 2.24) is 5.32 Å². The Morgan fingerprint density at radius 3 is 2.04 bits per heavy atom. The maximum Gasteiger partial charge on any atom is 0.232 e. The molecule has 1 unspecified atom stereocenters. The fourth-order valence-electron chi connectivity index (χ4n) is 2.84.